The highest BCUT2D eigenvalue weighted by molar-refractivity contribution is 5.71. The van der Waals surface area contributed by atoms with Crippen molar-refractivity contribution in [3.05, 3.63) is 59.2 Å². The molecule has 0 aliphatic carbocycles. The van der Waals surface area contributed by atoms with Gasteiger partial charge in [0.15, 0.2) is 0 Å². The van der Waals surface area contributed by atoms with Crippen molar-refractivity contribution >= 4 is 5.65 Å². The number of hydrogen-bond donors (Lipinski definition) is 1. The molecular formula is C22H21F2N5O2. The molecule has 0 unspecified atom stereocenters. The lowest BCUT2D eigenvalue weighted by Gasteiger charge is -2.24. The number of aromatic nitrogens is 4. The molecule has 1 aliphatic rings. The molecule has 0 spiro atoms. The SMILES string of the molecule is Cc1ccn2c(C[C@H]3CNCCO3)c(-c3c(F)cc(-c4nnc(C)o4)cc3F)nc2c1. The molecule has 1 aliphatic heterocycles. The van der Waals surface area contributed by atoms with Gasteiger partial charge >= 0.3 is 0 Å². The van der Waals surface area contributed by atoms with Gasteiger partial charge in [-0.25, -0.2) is 13.8 Å². The molecule has 4 heterocycles. The van der Waals surface area contributed by atoms with E-state index in [1.807, 2.05) is 29.7 Å². The summed E-state index contributed by atoms with van der Waals surface area (Å²) in [6.07, 6.45) is 2.23. The van der Waals surface area contributed by atoms with Crippen molar-refractivity contribution < 1.29 is 17.9 Å². The first kappa shape index (κ1) is 19.8. The second kappa shape index (κ2) is 7.82. The van der Waals surface area contributed by atoms with E-state index in [1.54, 1.807) is 6.92 Å². The van der Waals surface area contributed by atoms with Gasteiger partial charge in [0.1, 0.15) is 17.3 Å². The van der Waals surface area contributed by atoms with Gasteiger partial charge in [0.25, 0.3) is 0 Å². The summed E-state index contributed by atoms with van der Waals surface area (Å²) in [7, 11) is 0. The van der Waals surface area contributed by atoms with Gasteiger partial charge < -0.3 is 18.9 Å². The lowest BCUT2D eigenvalue weighted by molar-refractivity contribution is 0.0286. The maximum Gasteiger partial charge on any atom is 0.247 e. The fraction of sp³-hybridized carbons (Fsp3) is 0.318. The molecule has 160 valence electrons. The Hall–Kier alpha value is -3.17. The standard InChI is InChI=1S/C22H21F2N5O2/c1-12-3-5-29-18(10-15-11-25-4-6-30-15)21(26-19(29)7-12)20-16(23)8-14(9-17(20)24)22-28-27-13(2)31-22/h3,5,7-9,15,25H,4,6,10-11H2,1-2H3/t15-/m0/s1. The van der Waals surface area contributed by atoms with Crippen molar-refractivity contribution in [3.63, 3.8) is 0 Å². The van der Waals surface area contributed by atoms with Crippen LogP contribution in [0, 0.1) is 25.5 Å². The number of pyridine rings is 1. The number of ether oxygens (including phenoxy) is 1. The summed E-state index contributed by atoms with van der Waals surface area (Å²) in [5, 5.41) is 10.9. The van der Waals surface area contributed by atoms with Crippen molar-refractivity contribution in [2.24, 2.45) is 0 Å². The summed E-state index contributed by atoms with van der Waals surface area (Å²) in [6, 6.07) is 6.22. The first-order valence-electron chi connectivity index (χ1n) is 10.1. The Morgan fingerprint density at radius 3 is 2.65 bits per heavy atom. The van der Waals surface area contributed by atoms with Gasteiger partial charge in [-0.15, -0.1) is 10.2 Å². The van der Waals surface area contributed by atoms with Crippen molar-refractivity contribution in [2.45, 2.75) is 26.4 Å². The van der Waals surface area contributed by atoms with Crippen LogP contribution in [0.15, 0.2) is 34.9 Å². The Morgan fingerprint density at radius 1 is 1.16 bits per heavy atom. The quantitative estimate of drug-likeness (QED) is 0.540. The van der Waals surface area contributed by atoms with Gasteiger partial charge in [0, 0.05) is 38.2 Å². The number of hydrogen-bond acceptors (Lipinski definition) is 6. The molecule has 31 heavy (non-hydrogen) atoms. The fourth-order valence-electron chi connectivity index (χ4n) is 3.90. The Kier molecular flexibility index (Phi) is 4.99. The normalized spacial score (nSPS) is 16.8. The Bertz CT molecular complexity index is 1240. The summed E-state index contributed by atoms with van der Waals surface area (Å²) in [5.41, 5.74) is 2.60. The lowest BCUT2D eigenvalue weighted by atomic mass is 10.0. The third-order valence-electron chi connectivity index (χ3n) is 5.36. The smallest absolute Gasteiger partial charge is 0.247 e. The molecule has 0 bridgehead atoms. The highest BCUT2D eigenvalue weighted by Crippen LogP contribution is 2.33. The fourth-order valence-corrected chi connectivity index (χ4v) is 3.90. The highest BCUT2D eigenvalue weighted by Gasteiger charge is 2.25. The Labute approximate surface area is 177 Å². The van der Waals surface area contributed by atoms with Gasteiger partial charge in [-0.05, 0) is 36.8 Å². The second-order valence-electron chi connectivity index (χ2n) is 7.68. The average molecular weight is 425 g/mol. The zero-order valence-corrected chi connectivity index (χ0v) is 17.2. The predicted molar refractivity (Wildman–Crippen MR) is 110 cm³/mol. The average Bonchev–Trinajstić information content (AvgIpc) is 3.32. The molecule has 1 saturated heterocycles. The molecule has 0 saturated carbocycles. The Morgan fingerprint density at radius 2 is 1.97 bits per heavy atom. The topological polar surface area (TPSA) is 77.5 Å². The summed E-state index contributed by atoms with van der Waals surface area (Å²) >= 11 is 0. The van der Waals surface area contributed by atoms with Crippen LogP contribution in [0.3, 0.4) is 0 Å². The van der Waals surface area contributed by atoms with Crippen LogP contribution in [0.2, 0.25) is 0 Å². The zero-order chi connectivity index (χ0) is 21.5. The van der Waals surface area contributed by atoms with Gasteiger partial charge in [0.2, 0.25) is 11.8 Å². The minimum absolute atomic E-state index is 0.0642. The second-order valence-corrected chi connectivity index (χ2v) is 7.68. The minimum atomic E-state index is -0.741. The van der Waals surface area contributed by atoms with Crippen LogP contribution in [0.1, 0.15) is 17.1 Å². The van der Waals surface area contributed by atoms with Crippen LogP contribution in [-0.2, 0) is 11.2 Å². The number of nitrogens with zero attached hydrogens (tertiary/aromatic N) is 4. The van der Waals surface area contributed by atoms with Crippen molar-refractivity contribution in [1.29, 1.82) is 0 Å². The van der Waals surface area contributed by atoms with Crippen LogP contribution < -0.4 is 5.32 Å². The van der Waals surface area contributed by atoms with Crippen molar-refractivity contribution in [2.75, 3.05) is 19.7 Å². The largest absolute Gasteiger partial charge is 0.421 e. The number of benzene rings is 1. The predicted octanol–water partition coefficient (Wildman–Crippen LogP) is 3.48. The molecule has 1 fully saturated rings. The summed E-state index contributed by atoms with van der Waals surface area (Å²) < 4.78 is 43.5. The van der Waals surface area contributed by atoms with E-state index >= 15 is 8.78 Å². The number of morpholine rings is 1. The van der Waals surface area contributed by atoms with Crippen LogP contribution >= 0.6 is 0 Å². The molecule has 1 aromatic carbocycles. The van der Waals surface area contributed by atoms with E-state index in [0.29, 0.717) is 36.8 Å². The van der Waals surface area contributed by atoms with Crippen molar-refractivity contribution in [1.82, 2.24) is 24.9 Å². The zero-order valence-electron chi connectivity index (χ0n) is 17.2. The number of halogens is 2. The highest BCUT2D eigenvalue weighted by atomic mass is 19.1. The molecule has 7 nitrogen and oxygen atoms in total. The number of rotatable bonds is 4. The number of nitrogens with one attached hydrogen (secondary N) is 1. The van der Waals surface area contributed by atoms with E-state index in [9.17, 15) is 0 Å². The molecule has 9 heteroatoms. The molecule has 3 aromatic heterocycles. The first-order valence-corrected chi connectivity index (χ1v) is 10.1. The van der Waals surface area contributed by atoms with Crippen LogP contribution in [0.4, 0.5) is 8.78 Å². The van der Waals surface area contributed by atoms with E-state index in [0.717, 1.165) is 12.1 Å². The molecular weight excluding hydrogens is 404 g/mol. The molecule has 5 rings (SSSR count). The van der Waals surface area contributed by atoms with Gasteiger partial charge in [-0.3, -0.25) is 0 Å². The number of aryl methyl sites for hydroxylation is 2. The Balaban J connectivity index is 1.64. The summed E-state index contributed by atoms with van der Waals surface area (Å²) in [5.74, 6) is -1.10. The maximum atomic E-state index is 15.2. The van der Waals surface area contributed by atoms with Crippen LogP contribution in [-0.4, -0.2) is 45.4 Å². The van der Waals surface area contributed by atoms with Gasteiger partial charge in [-0.2, -0.15) is 0 Å². The maximum absolute atomic E-state index is 15.2. The van der Waals surface area contributed by atoms with E-state index in [-0.39, 0.29) is 28.8 Å². The molecule has 4 aromatic rings. The van der Waals surface area contributed by atoms with E-state index < -0.39 is 11.6 Å². The van der Waals surface area contributed by atoms with E-state index in [1.165, 1.54) is 12.1 Å². The third kappa shape index (κ3) is 3.70. The lowest BCUT2D eigenvalue weighted by Crippen LogP contribution is -2.39. The summed E-state index contributed by atoms with van der Waals surface area (Å²) in [4.78, 5) is 4.59. The molecule has 1 N–H and O–H groups in total. The van der Waals surface area contributed by atoms with E-state index in [4.69, 9.17) is 9.15 Å². The molecule has 0 radical (unpaired) electrons. The van der Waals surface area contributed by atoms with Crippen LogP contribution in [0.25, 0.3) is 28.4 Å². The van der Waals surface area contributed by atoms with Crippen LogP contribution in [0.5, 0.6) is 0 Å². The van der Waals surface area contributed by atoms with E-state index in [2.05, 4.69) is 20.5 Å². The third-order valence-corrected chi connectivity index (χ3v) is 5.36. The number of imidazole rings is 1. The monoisotopic (exact) mass is 425 g/mol. The minimum Gasteiger partial charge on any atom is -0.421 e. The first-order chi connectivity index (χ1) is 15.0. The molecule has 0 amide bonds. The van der Waals surface area contributed by atoms with Crippen molar-refractivity contribution in [3.8, 4) is 22.7 Å². The number of fused-ring (bicyclic) bond motifs is 1. The summed E-state index contributed by atoms with van der Waals surface area (Å²) in [6.45, 7) is 5.61. The van der Waals surface area contributed by atoms with Gasteiger partial charge in [0.05, 0.1) is 29.7 Å². The van der Waals surface area contributed by atoms with Gasteiger partial charge in [-0.1, -0.05) is 0 Å². The molecule has 1 atom stereocenters.